The standard InChI is InChI=1S/C36H33F2NO2/c1-24-23-31(32(25-11-7-5-8-12-25)27-15-19-29(37)20-16-27)39(35(40)41-36(2,3)4)34(24)33(26-13-9-6-10-14-26)28-17-21-30(38)22-18-28/h5-23,32-33H,1-4H3. The van der Waals surface area contributed by atoms with E-state index in [0.29, 0.717) is 5.69 Å². The van der Waals surface area contributed by atoms with Gasteiger partial charge in [-0.05, 0) is 85.8 Å². The Balaban J connectivity index is 1.82. The van der Waals surface area contributed by atoms with Crippen LogP contribution in [0.4, 0.5) is 13.6 Å². The van der Waals surface area contributed by atoms with Gasteiger partial charge in [-0.25, -0.2) is 13.6 Å². The quantitative estimate of drug-likeness (QED) is 0.211. The van der Waals surface area contributed by atoms with Crippen molar-refractivity contribution in [3.63, 3.8) is 0 Å². The third-order valence-electron chi connectivity index (χ3n) is 7.09. The van der Waals surface area contributed by atoms with Gasteiger partial charge < -0.3 is 4.74 Å². The summed E-state index contributed by atoms with van der Waals surface area (Å²) in [7, 11) is 0. The predicted octanol–water partition coefficient (Wildman–Crippen LogP) is 9.22. The van der Waals surface area contributed by atoms with Gasteiger partial charge in [0, 0.05) is 17.3 Å². The maximum Gasteiger partial charge on any atom is 0.419 e. The fourth-order valence-electron chi connectivity index (χ4n) is 5.40. The zero-order valence-electron chi connectivity index (χ0n) is 23.6. The Hall–Kier alpha value is -4.51. The summed E-state index contributed by atoms with van der Waals surface area (Å²) in [6.07, 6.45) is -0.512. The summed E-state index contributed by atoms with van der Waals surface area (Å²) in [4.78, 5) is 14.2. The second kappa shape index (κ2) is 11.5. The Morgan fingerprint density at radius 2 is 1.07 bits per heavy atom. The lowest BCUT2D eigenvalue weighted by molar-refractivity contribution is 0.0527. The highest BCUT2D eigenvalue weighted by Gasteiger charge is 2.33. The van der Waals surface area contributed by atoms with Gasteiger partial charge in [0.1, 0.15) is 17.2 Å². The number of aryl methyl sites for hydroxylation is 1. The lowest BCUT2D eigenvalue weighted by Gasteiger charge is -2.27. The van der Waals surface area contributed by atoms with Crippen LogP contribution in [0.5, 0.6) is 0 Å². The van der Waals surface area contributed by atoms with Crippen LogP contribution in [-0.2, 0) is 4.74 Å². The van der Waals surface area contributed by atoms with Gasteiger partial charge >= 0.3 is 6.09 Å². The van der Waals surface area contributed by atoms with Crippen LogP contribution in [-0.4, -0.2) is 16.3 Å². The molecule has 0 radical (unpaired) electrons. The number of carbonyl (C=O) groups excluding carboxylic acids is 1. The number of benzene rings is 4. The molecule has 5 heteroatoms. The second-order valence-electron chi connectivity index (χ2n) is 11.2. The summed E-state index contributed by atoms with van der Waals surface area (Å²) < 4.78 is 35.7. The molecule has 0 saturated carbocycles. The van der Waals surface area contributed by atoms with Gasteiger partial charge in [0.25, 0.3) is 0 Å². The van der Waals surface area contributed by atoms with Gasteiger partial charge in [-0.3, -0.25) is 4.57 Å². The van der Waals surface area contributed by atoms with E-state index >= 15 is 0 Å². The molecule has 0 fully saturated rings. The lowest BCUT2D eigenvalue weighted by atomic mass is 9.87. The third kappa shape index (κ3) is 6.14. The fourth-order valence-corrected chi connectivity index (χ4v) is 5.40. The average Bonchev–Trinajstić information content (AvgIpc) is 3.27. The molecule has 3 nitrogen and oxygen atoms in total. The molecular weight excluding hydrogens is 516 g/mol. The van der Waals surface area contributed by atoms with Crippen molar-refractivity contribution >= 4 is 6.09 Å². The van der Waals surface area contributed by atoms with Crippen molar-refractivity contribution in [2.45, 2.75) is 45.1 Å². The molecule has 0 N–H and O–H groups in total. The van der Waals surface area contributed by atoms with E-state index in [-0.39, 0.29) is 23.5 Å². The highest BCUT2D eigenvalue weighted by atomic mass is 19.1. The molecule has 0 aliphatic carbocycles. The third-order valence-corrected chi connectivity index (χ3v) is 7.09. The minimum atomic E-state index is -0.750. The van der Waals surface area contributed by atoms with Gasteiger partial charge in [0.05, 0.1) is 5.92 Å². The zero-order valence-corrected chi connectivity index (χ0v) is 23.6. The summed E-state index contributed by atoms with van der Waals surface area (Å²) in [5.41, 5.74) is 5.15. The van der Waals surface area contributed by atoms with Crippen LogP contribution in [0.2, 0.25) is 0 Å². The Kier molecular flexibility index (Phi) is 7.89. The highest BCUT2D eigenvalue weighted by Crippen LogP contribution is 2.41. The molecular formula is C36H33F2NO2. The van der Waals surface area contributed by atoms with Gasteiger partial charge in [0.2, 0.25) is 0 Å². The van der Waals surface area contributed by atoms with Crippen molar-refractivity contribution in [2.24, 2.45) is 0 Å². The largest absolute Gasteiger partial charge is 0.443 e. The van der Waals surface area contributed by atoms with Crippen LogP contribution in [0.25, 0.3) is 0 Å². The maximum atomic E-state index is 14.2. The van der Waals surface area contributed by atoms with Crippen molar-refractivity contribution in [3.05, 3.63) is 166 Å². The monoisotopic (exact) mass is 549 g/mol. The first-order valence-electron chi connectivity index (χ1n) is 13.7. The van der Waals surface area contributed by atoms with E-state index in [4.69, 9.17) is 4.74 Å². The number of hydrogen-bond acceptors (Lipinski definition) is 2. The van der Waals surface area contributed by atoms with E-state index in [1.165, 1.54) is 24.3 Å². The van der Waals surface area contributed by atoms with Crippen molar-refractivity contribution in [3.8, 4) is 0 Å². The summed E-state index contributed by atoms with van der Waals surface area (Å²) >= 11 is 0. The molecule has 0 saturated heterocycles. The van der Waals surface area contributed by atoms with E-state index in [1.807, 2.05) is 94.4 Å². The van der Waals surface area contributed by atoms with Gasteiger partial charge in [-0.15, -0.1) is 0 Å². The number of halogens is 2. The number of hydrogen-bond donors (Lipinski definition) is 0. The van der Waals surface area contributed by atoms with Crippen LogP contribution < -0.4 is 0 Å². The number of rotatable bonds is 6. The molecule has 2 atom stereocenters. The fraction of sp³-hybridized carbons (Fsp3) is 0.194. The molecule has 0 amide bonds. The summed E-state index contributed by atoms with van der Waals surface area (Å²) in [6.45, 7) is 7.49. The summed E-state index contributed by atoms with van der Waals surface area (Å²) in [6, 6.07) is 34.5. The SMILES string of the molecule is Cc1cc(C(c2ccccc2)c2ccc(F)cc2)n(C(=O)OC(C)(C)C)c1C(c1ccccc1)c1ccc(F)cc1. The van der Waals surface area contributed by atoms with Gasteiger partial charge in [0.15, 0.2) is 0 Å². The Morgan fingerprint density at radius 1 is 0.659 bits per heavy atom. The highest BCUT2D eigenvalue weighted by molar-refractivity contribution is 5.76. The molecule has 0 aliphatic heterocycles. The molecule has 1 heterocycles. The molecule has 0 bridgehead atoms. The van der Waals surface area contributed by atoms with E-state index in [1.54, 1.807) is 28.8 Å². The molecule has 1 aromatic heterocycles. The molecule has 208 valence electrons. The number of carbonyl (C=O) groups is 1. The van der Waals surface area contributed by atoms with Crippen molar-refractivity contribution in [1.29, 1.82) is 0 Å². The number of aromatic nitrogens is 1. The van der Waals surface area contributed by atoms with Crippen LogP contribution >= 0.6 is 0 Å². The summed E-state index contributed by atoms with van der Waals surface area (Å²) in [5.74, 6) is -1.44. The second-order valence-corrected chi connectivity index (χ2v) is 11.2. The first kappa shape index (κ1) is 28.0. The number of ether oxygens (including phenoxy) is 1. The van der Waals surface area contributed by atoms with E-state index in [2.05, 4.69) is 0 Å². The first-order valence-corrected chi connectivity index (χ1v) is 13.7. The smallest absolute Gasteiger partial charge is 0.419 e. The van der Waals surface area contributed by atoms with Crippen molar-refractivity contribution in [2.75, 3.05) is 0 Å². The average molecular weight is 550 g/mol. The van der Waals surface area contributed by atoms with Gasteiger partial charge in [-0.2, -0.15) is 0 Å². The maximum absolute atomic E-state index is 14.2. The van der Waals surface area contributed by atoms with E-state index in [0.717, 1.165) is 33.5 Å². The first-order chi connectivity index (χ1) is 19.6. The Bertz CT molecular complexity index is 1620. The topological polar surface area (TPSA) is 31.2 Å². The Morgan fingerprint density at radius 3 is 1.54 bits per heavy atom. The normalized spacial score (nSPS) is 13.0. The van der Waals surface area contributed by atoms with Crippen LogP contribution in [0.1, 0.15) is 71.8 Å². The van der Waals surface area contributed by atoms with Crippen LogP contribution in [0, 0.1) is 18.6 Å². The van der Waals surface area contributed by atoms with Crippen LogP contribution in [0.15, 0.2) is 115 Å². The molecule has 4 aromatic carbocycles. The number of nitrogens with zero attached hydrogens (tertiary/aromatic N) is 1. The molecule has 5 aromatic rings. The molecule has 5 rings (SSSR count). The van der Waals surface area contributed by atoms with Crippen molar-refractivity contribution in [1.82, 2.24) is 4.57 Å². The summed E-state index contributed by atoms with van der Waals surface area (Å²) in [5, 5.41) is 0. The zero-order chi connectivity index (χ0) is 29.1. The predicted molar refractivity (Wildman–Crippen MR) is 158 cm³/mol. The van der Waals surface area contributed by atoms with Crippen LogP contribution in [0.3, 0.4) is 0 Å². The van der Waals surface area contributed by atoms with E-state index in [9.17, 15) is 13.6 Å². The minimum Gasteiger partial charge on any atom is -0.443 e. The molecule has 41 heavy (non-hydrogen) atoms. The molecule has 0 spiro atoms. The molecule has 0 aliphatic rings. The minimum absolute atomic E-state index is 0.332. The Labute approximate surface area is 240 Å². The van der Waals surface area contributed by atoms with Gasteiger partial charge in [-0.1, -0.05) is 84.9 Å². The van der Waals surface area contributed by atoms with Crippen molar-refractivity contribution < 1.29 is 18.3 Å². The van der Waals surface area contributed by atoms with E-state index < -0.39 is 11.7 Å². The molecule has 2 unspecified atom stereocenters. The lowest BCUT2D eigenvalue weighted by Crippen LogP contribution is -2.30.